The number of carbonyl (C=O) groups is 2. The van der Waals surface area contributed by atoms with E-state index in [2.05, 4.69) is 0 Å². The zero-order chi connectivity index (χ0) is 12.8. The van der Waals surface area contributed by atoms with Gasteiger partial charge in [0.15, 0.2) is 0 Å². The highest BCUT2D eigenvalue weighted by atomic mass is 16.4. The van der Waals surface area contributed by atoms with E-state index >= 15 is 0 Å². The number of piperidine rings is 1. The first-order chi connectivity index (χ1) is 8.62. The molecule has 18 heavy (non-hydrogen) atoms. The van der Waals surface area contributed by atoms with Crippen molar-refractivity contribution in [1.29, 1.82) is 0 Å². The Hall–Kier alpha value is -1.06. The molecule has 3 fully saturated rings. The van der Waals surface area contributed by atoms with Crippen LogP contribution in [0.1, 0.15) is 51.4 Å². The van der Waals surface area contributed by atoms with Gasteiger partial charge in [0.2, 0.25) is 5.91 Å². The summed E-state index contributed by atoms with van der Waals surface area (Å²) in [6.07, 6.45) is 7.56. The van der Waals surface area contributed by atoms with Crippen molar-refractivity contribution in [2.75, 3.05) is 6.54 Å². The minimum atomic E-state index is -0.752. The molecule has 100 valence electrons. The Kier molecular flexibility index (Phi) is 2.83. The molecule has 1 amide bonds. The number of nitrogens with zero attached hydrogens (tertiary/aromatic N) is 1. The maximum absolute atomic E-state index is 12.4. The minimum Gasteiger partial charge on any atom is -0.481 e. The highest BCUT2D eigenvalue weighted by Gasteiger charge is 2.66. The van der Waals surface area contributed by atoms with Gasteiger partial charge in [0.1, 0.15) is 0 Å². The maximum Gasteiger partial charge on any atom is 0.303 e. The lowest BCUT2D eigenvalue weighted by Gasteiger charge is -2.36. The first kappa shape index (κ1) is 12.0. The number of likely N-dealkylation sites (tertiary alicyclic amines) is 1. The zero-order valence-electron chi connectivity index (χ0n) is 10.7. The molecule has 0 aromatic rings. The molecule has 4 nitrogen and oxygen atoms in total. The van der Waals surface area contributed by atoms with Gasteiger partial charge in [0, 0.05) is 24.9 Å². The van der Waals surface area contributed by atoms with Crippen LogP contribution in [0.4, 0.5) is 0 Å². The highest BCUT2D eigenvalue weighted by Crippen LogP contribution is 2.71. The molecule has 4 heteroatoms. The molecule has 1 aliphatic heterocycles. The van der Waals surface area contributed by atoms with Crippen LogP contribution < -0.4 is 0 Å². The molecule has 3 aliphatic rings. The minimum absolute atomic E-state index is 0.179. The number of rotatable bonds is 4. The first-order valence-corrected chi connectivity index (χ1v) is 7.15. The molecule has 0 bridgehead atoms. The van der Waals surface area contributed by atoms with Gasteiger partial charge in [0.05, 0.1) is 0 Å². The predicted octanol–water partition coefficient (Wildman–Crippen LogP) is 2.03. The van der Waals surface area contributed by atoms with Gasteiger partial charge in [0.25, 0.3) is 0 Å². The molecule has 2 unspecified atom stereocenters. The number of carboxylic acid groups (broad SMARTS) is 1. The van der Waals surface area contributed by atoms with Crippen LogP contribution in [-0.2, 0) is 9.59 Å². The molecular formula is C14H21NO3. The SMILES string of the molecule is O=C(O)CCC1CCCCN1C(=O)C1CC12CC2. The molecule has 0 aromatic heterocycles. The Balaban J connectivity index is 1.60. The summed E-state index contributed by atoms with van der Waals surface area (Å²) in [5, 5.41) is 8.78. The normalized spacial score (nSPS) is 32.3. The Morgan fingerprint density at radius 2 is 2.06 bits per heavy atom. The number of aliphatic carboxylic acids is 1. The smallest absolute Gasteiger partial charge is 0.303 e. The fourth-order valence-corrected chi connectivity index (χ4v) is 3.49. The van der Waals surface area contributed by atoms with E-state index < -0.39 is 5.97 Å². The van der Waals surface area contributed by atoms with Crippen molar-refractivity contribution >= 4 is 11.9 Å². The summed E-state index contributed by atoms with van der Waals surface area (Å²) in [5.74, 6) is -0.149. The molecule has 0 aromatic carbocycles. The zero-order valence-corrected chi connectivity index (χ0v) is 10.7. The molecule has 3 rings (SSSR count). The van der Waals surface area contributed by atoms with E-state index in [0.29, 0.717) is 17.7 Å². The van der Waals surface area contributed by atoms with Crippen LogP contribution >= 0.6 is 0 Å². The quantitative estimate of drug-likeness (QED) is 0.831. The van der Waals surface area contributed by atoms with Crippen LogP contribution in [0.2, 0.25) is 0 Å². The molecule has 2 atom stereocenters. The standard InChI is InChI=1S/C14H21NO3/c16-12(17)5-4-10-3-1-2-8-15(10)13(18)11-9-14(11)6-7-14/h10-11H,1-9H2,(H,16,17). The summed E-state index contributed by atoms with van der Waals surface area (Å²) in [6.45, 7) is 0.843. The fraction of sp³-hybridized carbons (Fsp3) is 0.857. The molecule has 0 radical (unpaired) electrons. The van der Waals surface area contributed by atoms with E-state index in [1.165, 1.54) is 12.8 Å². The second kappa shape index (κ2) is 4.25. The van der Waals surface area contributed by atoms with Crippen molar-refractivity contribution in [3.8, 4) is 0 Å². The molecule has 1 spiro atoms. The Labute approximate surface area is 107 Å². The van der Waals surface area contributed by atoms with Crippen molar-refractivity contribution in [2.45, 2.75) is 57.4 Å². The van der Waals surface area contributed by atoms with Gasteiger partial charge in [-0.25, -0.2) is 0 Å². The average molecular weight is 251 g/mol. The molecule has 2 saturated carbocycles. The van der Waals surface area contributed by atoms with E-state index in [-0.39, 0.29) is 18.4 Å². The van der Waals surface area contributed by atoms with Crippen molar-refractivity contribution in [2.24, 2.45) is 11.3 Å². The van der Waals surface area contributed by atoms with Crippen LogP contribution in [-0.4, -0.2) is 34.5 Å². The summed E-state index contributed by atoms with van der Waals surface area (Å²) in [7, 11) is 0. The van der Waals surface area contributed by atoms with E-state index in [4.69, 9.17) is 5.11 Å². The summed E-state index contributed by atoms with van der Waals surface area (Å²) in [6, 6.07) is 0.179. The monoisotopic (exact) mass is 251 g/mol. The third-order valence-electron chi connectivity index (χ3n) is 4.98. The number of hydrogen-bond donors (Lipinski definition) is 1. The number of hydrogen-bond acceptors (Lipinski definition) is 2. The molecule has 1 heterocycles. The highest BCUT2D eigenvalue weighted by molar-refractivity contribution is 5.84. The first-order valence-electron chi connectivity index (χ1n) is 7.15. The number of carbonyl (C=O) groups excluding carboxylic acids is 1. The predicted molar refractivity (Wildman–Crippen MR) is 66.0 cm³/mol. The summed E-state index contributed by atoms with van der Waals surface area (Å²) in [5.41, 5.74) is 0.409. The Morgan fingerprint density at radius 3 is 2.67 bits per heavy atom. The summed E-state index contributed by atoms with van der Waals surface area (Å²) >= 11 is 0. The van der Waals surface area contributed by atoms with Gasteiger partial charge in [-0.1, -0.05) is 0 Å². The topological polar surface area (TPSA) is 57.6 Å². The third kappa shape index (κ3) is 2.13. The van der Waals surface area contributed by atoms with Crippen LogP contribution in [0.15, 0.2) is 0 Å². The Morgan fingerprint density at radius 1 is 1.28 bits per heavy atom. The third-order valence-corrected chi connectivity index (χ3v) is 4.98. The lowest BCUT2D eigenvalue weighted by atomic mass is 9.97. The second-order valence-corrected chi connectivity index (χ2v) is 6.23. The van der Waals surface area contributed by atoms with Gasteiger partial charge >= 0.3 is 5.97 Å². The fourth-order valence-electron chi connectivity index (χ4n) is 3.49. The number of carboxylic acids is 1. The van der Waals surface area contributed by atoms with Gasteiger partial charge in [-0.3, -0.25) is 9.59 Å². The largest absolute Gasteiger partial charge is 0.481 e. The average Bonchev–Trinajstić information content (AvgIpc) is 3.27. The van der Waals surface area contributed by atoms with Crippen LogP contribution in [0.5, 0.6) is 0 Å². The molecular weight excluding hydrogens is 230 g/mol. The van der Waals surface area contributed by atoms with Crippen LogP contribution in [0.3, 0.4) is 0 Å². The lowest BCUT2D eigenvalue weighted by molar-refractivity contribution is -0.140. The maximum atomic E-state index is 12.4. The van der Waals surface area contributed by atoms with Crippen molar-refractivity contribution in [3.05, 3.63) is 0 Å². The summed E-state index contributed by atoms with van der Waals surface area (Å²) in [4.78, 5) is 25.1. The van der Waals surface area contributed by atoms with Crippen molar-refractivity contribution in [3.63, 3.8) is 0 Å². The van der Waals surface area contributed by atoms with Crippen molar-refractivity contribution < 1.29 is 14.7 Å². The van der Waals surface area contributed by atoms with Gasteiger partial charge in [-0.2, -0.15) is 0 Å². The van der Waals surface area contributed by atoms with Gasteiger partial charge < -0.3 is 10.0 Å². The lowest BCUT2D eigenvalue weighted by Crippen LogP contribution is -2.45. The molecule has 1 N–H and O–H groups in total. The Bertz CT molecular complexity index is 375. The second-order valence-electron chi connectivity index (χ2n) is 6.23. The van der Waals surface area contributed by atoms with E-state index in [1.807, 2.05) is 4.90 Å². The van der Waals surface area contributed by atoms with Crippen molar-refractivity contribution in [1.82, 2.24) is 4.90 Å². The summed E-state index contributed by atoms with van der Waals surface area (Å²) < 4.78 is 0. The van der Waals surface area contributed by atoms with Gasteiger partial charge in [-0.05, 0) is 50.4 Å². The van der Waals surface area contributed by atoms with Gasteiger partial charge in [-0.15, -0.1) is 0 Å². The molecule has 2 aliphatic carbocycles. The number of amides is 1. The van der Waals surface area contributed by atoms with E-state index in [9.17, 15) is 9.59 Å². The molecule has 1 saturated heterocycles. The van der Waals surface area contributed by atoms with Crippen LogP contribution in [0.25, 0.3) is 0 Å². The van der Waals surface area contributed by atoms with Crippen LogP contribution in [0, 0.1) is 11.3 Å². The van der Waals surface area contributed by atoms with E-state index in [0.717, 1.165) is 32.2 Å². The van der Waals surface area contributed by atoms with E-state index in [1.54, 1.807) is 0 Å².